The largest absolute Gasteiger partial charge is 0.273 e. The highest BCUT2D eigenvalue weighted by Gasteiger charge is 2.54. The van der Waals surface area contributed by atoms with Crippen molar-refractivity contribution in [3.63, 3.8) is 0 Å². The molecule has 0 saturated heterocycles. The number of hydrogen-bond acceptors (Lipinski definition) is 2. The first-order valence-corrected chi connectivity index (χ1v) is 7.07. The van der Waals surface area contributed by atoms with Gasteiger partial charge < -0.3 is 0 Å². The van der Waals surface area contributed by atoms with E-state index < -0.39 is 0 Å². The van der Waals surface area contributed by atoms with Gasteiger partial charge in [-0.1, -0.05) is 26.2 Å². The minimum Gasteiger partial charge on any atom is -0.273 e. The molecule has 0 aromatic heterocycles. The first kappa shape index (κ1) is 12.6. The Balaban J connectivity index is 1.74. The Bertz CT molecular complexity index is 299. The van der Waals surface area contributed by atoms with Crippen molar-refractivity contribution in [3.8, 4) is 0 Å². The molecule has 0 heterocycles. The van der Waals surface area contributed by atoms with E-state index in [0.29, 0.717) is 11.8 Å². The number of fused-ring (bicyclic) bond motifs is 1. The molecule has 0 aliphatic heterocycles. The number of hydrogen-bond donors (Lipinski definition) is 1. The number of hydrazone groups is 1. The van der Waals surface area contributed by atoms with Gasteiger partial charge in [-0.15, -0.1) is 0 Å². The highest BCUT2D eigenvalue weighted by atomic mass is 16.2. The maximum atomic E-state index is 11.9. The molecule has 2 unspecified atom stereocenters. The van der Waals surface area contributed by atoms with E-state index in [0.717, 1.165) is 18.6 Å². The van der Waals surface area contributed by atoms with E-state index in [4.69, 9.17) is 0 Å². The summed E-state index contributed by atoms with van der Waals surface area (Å²) in [6, 6.07) is 0. The van der Waals surface area contributed by atoms with Crippen molar-refractivity contribution in [3.05, 3.63) is 0 Å². The molecule has 2 fully saturated rings. The van der Waals surface area contributed by atoms with E-state index in [1.807, 2.05) is 6.92 Å². The molecule has 0 aromatic carbocycles. The van der Waals surface area contributed by atoms with Crippen LogP contribution < -0.4 is 5.43 Å². The van der Waals surface area contributed by atoms with Gasteiger partial charge in [0.15, 0.2) is 0 Å². The number of carbonyl (C=O) groups excluding carboxylic acids is 1. The summed E-state index contributed by atoms with van der Waals surface area (Å²) in [5.74, 6) is 1.79. The summed E-state index contributed by atoms with van der Waals surface area (Å²) in [5, 5.41) is 4.20. The van der Waals surface area contributed by atoms with Crippen molar-refractivity contribution < 1.29 is 4.79 Å². The molecule has 3 nitrogen and oxygen atoms in total. The standard InChI is InChI=1S/C14H24N2O/c1-3-4-7-10(2)15-16-14(17)13-11-8-5-6-9-12(11)13/h11-13H,3-9H2,1-2H3,(H,16,17). The van der Waals surface area contributed by atoms with E-state index in [1.165, 1.54) is 32.1 Å². The molecule has 1 N–H and O–H groups in total. The molecule has 2 atom stereocenters. The third-order valence-corrected chi connectivity index (χ3v) is 4.21. The molecule has 3 heteroatoms. The van der Waals surface area contributed by atoms with Gasteiger partial charge in [-0.2, -0.15) is 5.10 Å². The smallest absolute Gasteiger partial charge is 0.243 e. The Labute approximate surface area is 104 Å². The van der Waals surface area contributed by atoms with Crippen LogP contribution in [0.1, 0.15) is 58.8 Å². The molecule has 0 aromatic rings. The third kappa shape index (κ3) is 3.08. The molecule has 2 rings (SSSR count). The molecule has 1 amide bonds. The van der Waals surface area contributed by atoms with Crippen LogP contribution in [0.3, 0.4) is 0 Å². The average molecular weight is 236 g/mol. The molecule has 17 heavy (non-hydrogen) atoms. The van der Waals surface area contributed by atoms with E-state index in [2.05, 4.69) is 17.5 Å². The van der Waals surface area contributed by atoms with Gasteiger partial charge in [0.25, 0.3) is 0 Å². The number of unbranched alkanes of at least 4 members (excludes halogenated alkanes) is 1. The number of nitrogens with one attached hydrogen (secondary N) is 1. The van der Waals surface area contributed by atoms with Crippen LogP contribution in [0.15, 0.2) is 5.10 Å². The van der Waals surface area contributed by atoms with Crippen molar-refractivity contribution in [2.24, 2.45) is 22.9 Å². The van der Waals surface area contributed by atoms with E-state index in [1.54, 1.807) is 0 Å². The van der Waals surface area contributed by atoms with Gasteiger partial charge in [0.05, 0.1) is 0 Å². The van der Waals surface area contributed by atoms with Gasteiger partial charge in [0.1, 0.15) is 0 Å². The van der Waals surface area contributed by atoms with Crippen LogP contribution >= 0.6 is 0 Å². The van der Waals surface area contributed by atoms with Crippen LogP contribution in [0.25, 0.3) is 0 Å². The second kappa shape index (κ2) is 5.65. The predicted molar refractivity (Wildman–Crippen MR) is 69.7 cm³/mol. The number of carbonyl (C=O) groups is 1. The van der Waals surface area contributed by atoms with Crippen LogP contribution in [0.5, 0.6) is 0 Å². The second-order valence-corrected chi connectivity index (χ2v) is 5.56. The fraction of sp³-hybridized carbons (Fsp3) is 0.857. The fourth-order valence-electron chi connectivity index (χ4n) is 3.09. The SMILES string of the molecule is CCCCC(C)=NNC(=O)C1C2CCCCC21. The highest BCUT2D eigenvalue weighted by Crippen LogP contribution is 2.55. The Hall–Kier alpha value is -0.860. The summed E-state index contributed by atoms with van der Waals surface area (Å²) in [6.07, 6.45) is 8.44. The zero-order valence-electron chi connectivity index (χ0n) is 11.0. The summed E-state index contributed by atoms with van der Waals surface area (Å²) in [5.41, 5.74) is 3.80. The molecule has 0 radical (unpaired) electrons. The van der Waals surface area contributed by atoms with Gasteiger partial charge >= 0.3 is 0 Å². The molecular weight excluding hydrogens is 212 g/mol. The lowest BCUT2D eigenvalue weighted by Gasteiger charge is -2.04. The average Bonchev–Trinajstić information content (AvgIpc) is 3.07. The maximum absolute atomic E-state index is 11.9. The first-order valence-electron chi connectivity index (χ1n) is 7.07. The normalized spacial score (nSPS) is 31.9. The highest BCUT2D eigenvalue weighted by molar-refractivity contribution is 5.86. The molecule has 2 aliphatic rings. The zero-order valence-corrected chi connectivity index (χ0v) is 11.0. The number of nitrogens with zero attached hydrogens (tertiary/aromatic N) is 1. The van der Waals surface area contributed by atoms with Crippen molar-refractivity contribution in [1.82, 2.24) is 5.43 Å². The Morgan fingerprint density at radius 3 is 2.53 bits per heavy atom. The molecule has 0 bridgehead atoms. The lowest BCUT2D eigenvalue weighted by atomic mass is 10.0. The number of amides is 1. The lowest BCUT2D eigenvalue weighted by molar-refractivity contribution is -0.122. The second-order valence-electron chi connectivity index (χ2n) is 5.56. The Morgan fingerprint density at radius 1 is 1.29 bits per heavy atom. The molecule has 2 aliphatic carbocycles. The van der Waals surface area contributed by atoms with Crippen molar-refractivity contribution in [2.45, 2.75) is 58.8 Å². The Morgan fingerprint density at radius 2 is 1.94 bits per heavy atom. The van der Waals surface area contributed by atoms with Crippen LogP contribution in [-0.2, 0) is 4.79 Å². The molecule has 96 valence electrons. The van der Waals surface area contributed by atoms with Gasteiger partial charge in [-0.3, -0.25) is 4.79 Å². The van der Waals surface area contributed by atoms with Gasteiger partial charge in [-0.25, -0.2) is 5.43 Å². The Kier molecular flexibility index (Phi) is 4.19. The van der Waals surface area contributed by atoms with Crippen molar-refractivity contribution in [1.29, 1.82) is 0 Å². The van der Waals surface area contributed by atoms with E-state index in [9.17, 15) is 4.79 Å². The van der Waals surface area contributed by atoms with Crippen molar-refractivity contribution >= 4 is 11.6 Å². The van der Waals surface area contributed by atoms with Crippen LogP contribution in [0.4, 0.5) is 0 Å². The number of rotatable bonds is 5. The quantitative estimate of drug-likeness (QED) is 0.578. The molecule has 2 saturated carbocycles. The minimum absolute atomic E-state index is 0.165. The fourth-order valence-corrected chi connectivity index (χ4v) is 3.09. The molecule has 0 spiro atoms. The van der Waals surface area contributed by atoms with Gasteiger partial charge in [-0.05, 0) is 44.4 Å². The minimum atomic E-state index is 0.165. The maximum Gasteiger partial charge on any atom is 0.243 e. The topological polar surface area (TPSA) is 41.5 Å². The van der Waals surface area contributed by atoms with E-state index in [-0.39, 0.29) is 11.8 Å². The predicted octanol–water partition coefficient (Wildman–Crippen LogP) is 3.10. The summed E-state index contributed by atoms with van der Waals surface area (Å²) >= 11 is 0. The van der Waals surface area contributed by atoms with Crippen LogP contribution in [0, 0.1) is 17.8 Å². The monoisotopic (exact) mass is 236 g/mol. The van der Waals surface area contributed by atoms with E-state index >= 15 is 0 Å². The van der Waals surface area contributed by atoms with Crippen LogP contribution in [-0.4, -0.2) is 11.6 Å². The third-order valence-electron chi connectivity index (χ3n) is 4.21. The lowest BCUT2D eigenvalue weighted by Crippen LogP contribution is -2.22. The first-order chi connectivity index (χ1) is 8.24. The summed E-state index contributed by atoms with van der Waals surface area (Å²) in [6.45, 7) is 4.16. The summed E-state index contributed by atoms with van der Waals surface area (Å²) < 4.78 is 0. The van der Waals surface area contributed by atoms with Crippen molar-refractivity contribution in [2.75, 3.05) is 0 Å². The molecular formula is C14H24N2O. The van der Waals surface area contributed by atoms with Crippen LogP contribution in [0.2, 0.25) is 0 Å². The zero-order chi connectivity index (χ0) is 12.3. The summed E-state index contributed by atoms with van der Waals surface area (Å²) in [4.78, 5) is 11.9. The summed E-state index contributed by atoms with van der Waals surface area (Å²) in [7, 11) is 0. The van der Waals surface area contributed by atoms with Gasteiger partial charge in [0, 0.05) is 11.6 Å². The van der Waals surface area contributed by atoms with Gasteiger partial charge in [0.2, 0.25) is 5.91 Å².